The molecule has 216 valence electrons. The molecule has 2 aliphatic rings. The zero-order valence-corrected chi connectivity index (χ0v) is 25.4. The van der Waals surface area contributed by atoms with Gasteiger partial charge in [0.1, 0.15) is 11.2 Å². The molecule has 2 heteroatoms. The van der Waals surface area contributed by atoms with E-state index in [9.17, 15) is 0 Å². The van der Waals surface area contributed by atoms with Gasteiger partial charge in [0.05, 0.1) is 5.69 Å². The lowest BCUT2D eigenvalue weighted by Gasteiger charge is -2.34. The second-order valence-corrected chi connectivity index (χ2v) is 13.0. The highest BCUT2D eigenvalue weighted by Gasteiger charge is 2.45. The normalized spacial score (nSPS) is 18.2. The summed E-state index contributed by atoms with van der Waals surface area (Å²) in [4.78, 5) is 2.45. The number of hydrogen-bond acceptors (Lipinski definition) is 2. The highest BCUT2D eigenvalue weighted by atomic mass is 16.3. The molecular formula is C43H33NO. The molecule has 0 radical (unpaired) electrons. The molecule has 0 spiro atoms. The summed E-state index contributed by atoms with van der Waals surface area (Å²) >= 11 is 0. The van der Waals surface area contributed by atoms with Gasteiger partial charge in [-0.3, -0.25) is 0 Å². The van der Waals surface area contributed by atoms with Crippen LogP contribution in [0.4, 0.5) is 11.4 Å². The van der Waals surface area contributed by atoms with Crippen LogP contribution in [0.2, 0.25) is 0 Å². The summed E-state index contributed by atoms with van der Waals surface area (Å²) in [5, 5.41) is 4.75. The molecule has 0 amide bonds. The lowest BCUT2D eigenvalue weighted by molar-refractivity contribution is 0.393. The third kappa shape index (κ3) is 3.95. The van der Waals surface area contributed by atoms with Crippen LogP contribution in [0.15, 0.2) is 162 Å². The summed E-state index contributed by atoms with van der Waals surface area (Å²) in [5.74, 6) is 0.742. The van der Waals surface area contributed by atoms with Crippen LogP contribution in [-0.2, 0) is 5.41 Å². The Morgan fingerprint density at radius 2 is 1.40 bits per heavy atom. The molecule has 0 aliphatic heterocycles. The molecular weight excluding hydrogens is 546 g/mol. The zero-order chi connectivity index (χ0) is 30.1. The van der Waals surface area contributed by atoms with Gasteiger partial charge in [-0.05, 0) is 63.8 Å². The fourth-order valence-corrected chi connectivity index (χ4v) is 7.96. The third-order valence-corrected chi connectivity index (χ3v) is 10.1. The average Bonchev–Trinajstić information content (AvgIpc) is 3.57. The summed E-state index contributed by atoms with van der Waals surface area (Å²) in [6.45, 7) is 4.79. The second kappa shape index (κ2) is 9.84. The highest BCUT2D eigenvalue weighted by Crippen LogP contribution is 2.54. The molecule has 1 heterocycles. The van der Waals surface area contributed by atoms with Crippen molar-refractivity contribution < 1.29 is 4.42 Å². The second-order valence-electron chi connectivity index (χ2n) is 13.0. The van der Waals surface area contributed by atoms with Crippen LogP contribution in [0.5, 0.6) is 0 Å². The molecule has 2 nitrogen and oxygen atoms in total. The van der Waals surface area contributed by atoms with Crippen molar-refractivity contribution >= 4 is 44.1 Å². The van der Waals surface area contributed by atoms with Crippen molar-refractivity contribution in [3.63, 3.8) is 0 Å². The van der Waals surface area contributed by atoms with Gasteiger partial charge in [-0.1, -0.05) is 135 Å². The van der Waals surface area contributed by atoms with Crippen LogP contribution >= 0.6 is 0 Å². The van der Waals surface area contributed by atoms with Crippen LogP contribution in [0.1, 0.15) is 30.9 Å². The van der Waals surface area contributed by atoms with E-state index in [-0.39, 0.29) is 5.41 Å². The molecule has 2 unspecified atom stereocenters. The maximum atomic E-state index is 6.46. The lowest BCUT2D eigenvalue weighted by atomic mass is 9.74. The molecule has 0 fully saturated rings. The first-order valence-electron chi connectivity index (χ1n) is 15.9. The van der Waals surface area contributed by atoms with E-state index < -0.39 is 0 Å². The number of nitrogens with zero attached hydrogens (tertiary/aromatic N) is 1. The third-order valence-electron chi connectivity index (χ3n) is 10.1. The Kier molecular flexibility index (Phi) is 5.70. The fraction of sp³-hybridized carbons (Fsp3) is 0.116. The molecule has 0 N–H and O–H groups in total. The summed E-state index contributed by atoms with van der Waals surface area (Å²) in [6.07, 6.45) is 7.31. The monoisotopic (exact) mass is 579 g/mol. The number of rotatable bonds is 4. The van der Waals surface area contributed by atoms with Crippen molar-refractivity contribution in [2.45, 2.75) is 25.2 Å². The van der Waals surface area contributed by atoms with E-state index in [1.807, 2.05) is 6.07 Å². The molecule has 2 atom stereocenters. The fourth-order valence-electron chi connectivity index (χ4n) is 7.96. The van der Waals surface area contributed by atoms with E-state index in [0.29, 0.717) is 11.8 Å². The van der Waals surface area contributed by atoms with Gasteiger partial charge in [-0.2, -0.15) is 0 Å². The number of fused-ring (bicyclic) bond motifs is 7. The number of benzene rings is 6. The maximum absolute atomic E-state index is 6.46. The molecule has 2 aliphatic carbocycles. The number of allylic oxidation sites excluding steroid dienone is 3. The van der Waals surface area contributed by atoms with Crippen molar-refractivity contribution in [1.82, 2.24) is 0 Å². The first-order chi connectivity index (χ1) is 22.1. The topological polar surface area (TPSA) is 16.4 Å². The van der Waals surface area contributed by atoms with Crippen molar-refractivity contribution in [3.8, 4) is 11.1 Å². The van der Waals surface area contributed by atoms with E-state index in [1.54, 1.807) is 0 Å². The van der Waals surface area contributed by atoms with Gasteiger partial charge in [-0.25, -0.2) is 0 Å². The minimum atomic E-state index is 0.0786. The Bertz CT molecular complexity index is 2330. The standard InChI is InChI=1S/C43H33NO/c1-43(2)38-21-7-5-17-34(38)37-27-31(24-25-39(37)43)44(40-22-10-13-28-12-3-4-16-32(28)40)30-15-9-14-29(26-30)33-19-11-20-36-35-18-6-8-23-41(35)45-42(33)36/h3-27,37,39H,1-2H3. The van der Waals surface area contributed by atoms with Crippen molar-refractivity contribution in [1.29, 1.82) is 0 Å². The quantitative estimate of drug-likeness (QED) is 0.206. The van der Waals surface area contributed by atoms with Crippen LogP contribution < -0.4 is 4.90 Å². The summed E-state index contributed by atoms with van der Waals surface area (Å²) in [7, 11) is 0. The number of hydrogen-bond donors (Lipinski definition) is 0. The molecule has 1 aromatic heterocycles. The predicted octanol–water partition coefficient (Wildman–Crippen LogP) is 11.7. The predicted molar refractivity (Wildman–Crippen MR) is 188 cm³/mol. The van der Waals surface area contributed by atoms with Crippen molar-refractivity contribution in [3.05, 3.63) is 169 Å². The largest absolute Gasteiger partial charge is 0.455 e. The summed E-state index contributed by atoms with van der Waals surface area (Å²) in [5.41, 5.74) is 10.5. The van der Waals surface area contributed by atoms with E-state index in [0.717, 1.165) is 38.8 Å². The van der Waals surface area contributed by atoms with Gasteiger partial charge < -0.3 is 9.32 Å². The van der Waals surface area contributed by atoms with Gasteiger partial charge >= 0.3 is 0 Å². The van der Waals surface area contributed by atoms with Gasteiger partial charge in [0.2, 0.25) is 0 Å². The zero-order valence-electron chi connectivity index (χ0n) is 25.4. The number of anilines is 2. The van der Waals surface area contributed by atoms with E-state index in [1.165, 1.54) is 33.3 Å². The van der Waals surface area contributed by atoms with Crippen molar-refractivity contribution in [2.24, 2.45) is 5.92 Å². The van der Waals surface area contributed by atoms with Gasteiger partial charge in [0.25, 0.3) is 0 Å². The van der Waals surface area contributed by atoms with Crippen LogP contribution in [0.25, 0.3) is 43.8 Å². The SMILES string of the molecule is CC1(C)c2ccccc2C2C=C(N(c3cccc(-c4cccc5c4oc4ccccc45)c3)c3cccc4ccccc34)C=CC21. The molecule has 0 saturated carbocycles. The molecule has 0 bridgehead atoms. The molecule has 45 heavy (non-hydrogen) atoms. The van der Waals surface area contributed by atoms with Gasteiger partial charge in [0, 0.05) is 39.0 Å². The minimum Gasteiger partial charge on any atom is -0.455 e. The highest BCUT2D eigenvalue weighted by molar-refractivity contribution is 6.09. The summed E-state index contributed by atoms with van der Waals surface area (Å²) in [6, 6.07) is 48.0. The maximum Gasteiger partial charge on any atom is 0.143 e. The van der Waals surface area contributed by atoms with E-state index in [2.05, 4.69) is 164 Å². The van der Waals surface area contributed by atoms with Crippen LogP contribution in [0.3, 0.4) is 0 Å². The smallest absolute Gasteiger partial charge is 0.143 e. The molecule has 6 aromatic carbocycles. The lowest BCUT2D eigenvalue weighted by Crippen LogP contribution is -2.27. The summed E-state index contributed by atoms with van der Waals surface area (Å²) < 4.78 is 6.46. The van der Waals surface area contributed by atoms with E-state index in [4.69, 9.17) is 4.42 Å². The molecule has 0 saturated heterocycles. The van der Waals surface area contributed by atoms with Crippen LogP contribution in [0, 0.1) is 5.92 Å². The van der Waals surface area contributed by atoms with Crippen molar-refractivity contribution in [2.75, 3.05) is 4.90 Å². The Balaban J connectivity index is 1.24. The van der Waals surface area contributed by atoms with Crippen LogP contribution in [-0.4, -0.2) is 0 Å². The first kappa shape index (κ1) is 26.1. The average molecular weight is 580 g/mol. The Morgan fingerprint density at radius 3 is 2.33 bits per heavy atom. The van der Waals surface area contributed by atoms with Gasteiger partial charge in [0.15, 0.2) is 0 Å². The Morgan fingerprint density at radius 1 is 0.667 bits per heavy atom. The number of furan rings is 1. The minimum absolute atomic E-state index is 0.0786. The molecule has 9 rings (SSSR count). The Hall–Kier alpha value is -5.34. The Labute approximate surface area is 263 Å². The molecule has 7 aromatic rings. The number of para-hydroxylation sites is 2. The first-order valence-corrected chi connectivity index (χ1v) is 15.9. The van der Waals surface area contributed by atoms with E-state index >= 15 is 0 Å². The van der Waals surface area contributed by atoms with Gasteiger partial charge in [-0.15, -0.1) is 0 Å².